The molecule has 0 saturated carbocycles. The molecule has 2 heterocycles. The number of nitrogens with zero attached hydrogens (tertiary/aromatic N) is 1. The van der Waals surface area contributed by atoms with E-state index in [1.54, 1.807) is 11.3 Å². The van der Waals surface area contributed by atoms with E-state index in [-0.39, 0.29) is 6.04 Å². The van der Waals surface area contributed by atoms with Gasteiger partial charge < -0.3 is 0 Å². The Hall–Kier alpha value is -0.270. The first-order valence-corrected chi connectivity index (χ1v) is 7.35. The van der Waals surface area contributed by atoms with Gasteiger partial charge in [0.05, 0.1) is 13.6 Å². The molecule has 0 aromatic carbocycles. The molecule has 0 amide bonds. The third kappa shape index (κ3) is 2.95. The molecule has 3 N–H and O–H groups in total. The number of aryl methyl sites for hydroxylation is 1. The molecule has 0 spiro atoms. The summed E-state index contributed by atoms with van der Waals surface area (Å²) >= 11 is 8.64. The molecule has 1 unspecified atom stereocenters. The van der Waals surface area contributed by atoms with Crippen LogP contribution in [0, 0.1) is 6.92 Å². The number of hydrogen-bond acceptors (Lipinski definition) is 4. The van der Waals surface area contributed by atoms with Gasteiger partial charge in [-0.05, 0) is 56.5 Å². The fraction of sp³-hybridized carbons (Fsp3) is 0.182. The molecule has 0 bridgehead atoms. The second-order valence-corrected chi connectivity index (χ2v) is 7.36. The lowest BCUT2D eigenvalue weighted by Crippen LogP contribution is -2.28. The van der Waals surface area contributed by atoms with Crippen LogP contribution in [0.15, 0.2) is 32.0 Å². The second-order valence-electron chi connectivity index (χ2n) is 3.61. The summed E-state index contributed by atoms with van der Waals surface area (Å²) < 4.78 is 2.13. The Bertz CT molecular complexity index is 510. The summed E-state index contributed by atoms with van der Waals surface area (Å²) in [5.74, 6) is 5.64. The van der Waals surface area contributed by atoms with Crippen molar-refractivity contribution in [3.63, 3.8) is 0 Å². The summed E-state index contributed by atoms with van der Waals surface area (Å²) in [5, 5.41) is 0. The highest BCUT2D eigenvalue weighted by Gasteiger charge is 2.18. The zero-order valence-electron chi connectivity index (χ0n) is 9.08. The molecule has 0 saturated heterocycles. The largest absolute Gasteiger partial charge is 0.271 e. The summed E-state index contributed by atoms with van der Waals surface area (Å²) in [5.41, 5.74) is 5.97. The number of hydrogen-bond donors (Lipinski definition) is 2. The number of aromatic nitrogens is 1. The molecule has 1 atom stereocenters. The first kappa shape index (κ1) is 13.2. The smallest absolute Gasteiger partial charge is 0.0762 e. The van der Waals surface area contributed by atoms with E-state index in [1.165, 1.54) is 0 Å². The minimum absolute atomic E-state index is 0.0555. The standard InChI is InChI=1S/C11H11Br2N3S/c1-6-2-3-7(5-15-6)10(16-14)8-4-9(12)17-11(8)13/h2-5,10,16H,14H2,1H3. The topological polar surface area (TPSA) is 50.9 Å². The first-order chi connectivity index (χ1) is 8.11. The minimum atomic E-state index is -0.0555. The Morgan fingerprint density at radius 2 is 2.18 bits per heavy atom. The van der Waals surface area contributed by atoms with Crippen molar-refractivity contribution in [2.75, 3.05) is 0 Å². The molecule has 17 heavy (non-hydrogen) atoms. The van der Waals surface area contributed by atoms with Gasteiger partial charge in [0.2, 0.25) is 0 Å². The number of nitrogens with one attached hydrogen (secondary N) is 1. The molecule has 0 aliphatic heterocycles. The van der Waals surface area contributed by atoms with Crippen LogP contribution >= 0.6 is 43.2 Å². The van der Waals surface area contributed by atoms with Crippen molar-refractivity contribution in [2.45, 2.75) is 13.0 Å². The van der Waals surface area contributed by atoms with E-state index in [0.29, 0.717) is 0 Å². The first-order valence-electron chi connectivity index (χ1n) is 4.95. The Labute approximate surface area is 121 Å². The van der Waals surface area contributed by atoms with E-state index in [9.17, 15) is 0 Å². The zero-order valence-corrected chi connectivity index (χ0v) is 13.1. The lowest BCUT2D eigenvalue weighted by atomic mass is 10.0. The average molecular weight is 377 g/mol. The minimum Gasteiger partial charge on any atom is -0.271 e. The fourth-order valence-electron chi connectivity index (χ4n) is 1.57. The number of thiophene rings is 1. The highest BCUT2D eigenvalue weighted by molar-refractivity contribution is 9.12. The maximum absolute atomic E-state index is 5.64. The van der Waals surface area contributed by atoms with Gasteiger partial charge in [0.25, 0.3) is 0 Å². The Balaban J connectivity index is 2.39. The summed E-state index contributed by atoms with van der Waals surface area (Å²) in [6, 6.07) is 6.01. The Morgan fingerprint density at radius 3 is 2.65 bits per heavy atom. The predicted molar refractivity (Wildman–Crippen MR) is 77.9 cm³/mol. The van der Waals surface area contributed by atoms with E-state index < -0.39 is 0 Å². The lowest BCUT2D eigenvalue weighted by Gasteiger charge is -2.15. The summed E-state index contributed by atoms with van der Waals surface area (Å²) in [7, 11) is 0. The number of rotatable bonds is 3. The van der Waals surface area contributed by atoms with Crippen molar-refractivity contribution in [1.29, 1.82) is 0 Å². The van der Waals surface area contributed by atoms with Gasteiger partial charge in [-0.1, -0.05) is 6.07 Å². The number of nitrogens with two attached hydrogens (primary N) is 1. The van der Waals surface area contributed by atoms with Gasteiger partial charge in [-0.15, -0.1) is 11.3 Å². The fourth-order valence-corrected chi connectivity index (χ4v) is 4.47. The highest BCUT2D eigenvalue weighted by Crippen LogP contribution is 2.37. The summed E-state index contributed by atoms with van der Waals surface area (Å²) in [6.45, 7) is 1.96. The maximum atomic E-state index is 5.64. The maximum Gasteiger partial charge on any atom is 0.0762 e. The molecule has 6 heteroatoms. The van der Waals surface area contributed by atoms with Gasteiger partial charge in [0.15, 0.2) is 0 Å². The molecule has 90 valence electrons. The van der Waals surface area contributed by atoms with Gasteiger partial charge in [0.1, 0.15) is 0 Å². The van der Waals surface area contributed by atoms with Crippen molar-refractivity contribution < 1.29 is 0 Å². The van der Waals surface area contributed by atoms with Gasteiger partial charge in [-0.25, -0.2) is 5.43 Å². The van der Waals surface area contributed by atoms with Crippen LogP contribution in [0.4, 0.5) is 0 Å². The van der Waals surface area contributed by atoms with Crippen LogP contribution in [0.2, 0.25) is 0 Å². The van der Waals surface area contributed by atoms with E-state index in [2.05, 4.69) is 48.3 Å². The van der Waals surface area contributed by atoms with Crippen LogP contribution in [0.3, 0.4) is 0 Å². The number of pyridine rings is 1. The molecule has 2 rings (SSSR count). The van der Waals surface area contributed by atoms with E-state index in [0.717, 1.165) is 24.4 Å². The van der Waals surface area contributed by atoms with Gasteiger partial charge >= 0.3 is 0 Å². The average Bonchev–Trinajstić information content (AvgIpc) is 2.62. The van der Waals surface area contributed by atoms with E-state index >= 15 is 0 Å². The van der Waals surface area contributed by atoms with Crippen molar-refractivity contribution >= 4 is 43.2 Å². The second kappa shape index (κ2) is 5.58. The third-order valence-electron chi connectivity index (χ3n) is 2.43. The van der Waals surface area contributed by atoms with Crippen LogP contribution in [-0.2, 0) is 0 Å². The van der Waals surface area contributed by atoms with Crippen LogP contribution in [0.5, 0.6) is 0 Å². The quantitative estimate of drug-likeness (QED) is 0.636. The Morgan fingerprint density at radius 1 is 1.41 bits per heavy atom. The van der Waals surface area contributed by atoms with Crippen LogP contribution in [0.25, 0.3) is 0 Å². The predicted octanol–water partition coefficient (Wildman–Crippen LogP) is 3.53. The van der Waals surface area contributed by atoms with E-state index in [1.807, 2.05) is 25.3 Å². The third-order valence-corrected chi connectivity index (χ3v) is 4.81. The molecule has 2 aromatic heterocycles. The van der Waals surface area contributed by atoms with Gasteiger partial charge in [0, 0.05) is 17.5 Å². The van der Waals surface area contributed by atoms with Gasteiger partial charge in [-0.3, -0.25) is 10.8 Å². The molecule has 0 aliphatic carbocycles. The molecule has 0 fully saturated rings. The number of hydrazine groups is 1. The zero-order chi connectivity index (χ0) is 12.4. The molecule has 2 aromatic rings. The van der Waals surface area contributed by atoms with E-state index in [4.69, 9.17) is 5.84 Å². The monoisotopic (exact) mass is 375 g/mol. The molecule has 0 aliphatic rings. The van der Waals surface area contributed by atoms with Crippen molar-refractivity contribution in [1.82, 2.24) is 10.4 Å². The molecular formula is C11H11Br2N3S. The molecule has 0 radical (unpaired) electrons. The van der Waals surface area contributed by atoms with Crippen molar-refractivity contribution in [3.05, 3.63) is 48.8 Å². The van der Waals surface area contributed by atoms with Gasteiger partial charge in [-0.2, -0.15) is 0 Å². The van der Waals surface area contributed by atoms with Crippen molar-refractivity contribution in [3.8, 4) is 0 Å². The van der Waals surface area contributed by atoms with Crippen molar-refractivity contribution in [2.24, 2.45) is 5.84 Å². The van der Waals surface area contributed by atoms with Crippen LogP contribution in [0.1, 0.15) is 22.9 Å². The van der Waals surface area contributed by atoms with Crippen LogP contribution < -0.4 is 11.3 Å². The normalized spacial score (nSPS) is 12.7. The Kier molecular flexibility index (Phi) is 4.32. The molecule has 3 nitrogen and oxygen atoms in total. The lowest BCUT2D eigenvalue weighted by molar-refractivity contribution is 0.634. The number of halogens is 2. The highest BCUT2D eigenvalue weighted by atomic mass is 79.9. The summed E-state index contributed by atoms with van der Waals surface area (Å²) in [4.78, 5) is 4.29. The summed E-state index contributed by atoms with van der Waals surface area (Å²) in [6.07, 6.45) is 1.85. The van der Waals surface area contributed by atoms with Crippen LogP contribution in [-0.4, -0.2) is 4.98 Å². The SMILES string of the molecule is Cc1ccc(C(NN)c2cc(Br)sc2Br)cn1. The molecular weight excluding hydrogens is 366 g/mol.